The molecule has 0 radical (unpaired) electrons. The molecule has 0 unspecified atom stereocenters. The molecule has 1 aliphatic rings. The van der Waals surface area contributed by atoms with Crippen molar-refractivity contribution in [1.82, 2.24) is 4.90 Å². The molecule has 21 heavy (non-hydrogen) atoms. The molecule has 0 saturated heterocycles. The number of carbonyl (C=O) groups is 1. The molecule has 1 N–H and O–H groups in total. The van der Waals surface area contributed by atoms with E-state index in [4.69, 9.17) is 0 Å². The molecule has 1 aromatic rings. The topological polar surface area (TPSA) is 83.7 Å². The predicted octanol–water partition coefficient (Wildman–Crippen LogP) is 2.28. The average molecular weight is 292 g/mol. The minimum atomic E-state index is -0.529. The van der Waals surface area contributed by atoms with Crippen LogP contribution in [0.5, 0.6) is 0 Å². The van der Waals surface area contributed by atoms with Crippen LogP contribution < -0.4 is 0 Å². The average Bonchev–Trinajstić information content (AvgIpc) is 2.97. The number of nitro benzene ring substituents is 1. The predicted molar refractivity (Wildman–Crippen MR) is 78.2 cm³/mol. The van der Waals surface area contributed by atoms with Crippen molar-refractivity contribution in [2.24, 2.45) is 0 Å². The van der Waals surface area contributed by atoms with Gasteiger partial charge in [-0.25, -0.2) is 0 Å². The van der Waals surface area contributed by atoms with Gasteiger partial charge in [0.05, 0.1) is 11.5 Å². The molecule has 1 amide bonds. The van der Waals surface area contributed by atoms with E-state index >= 15 is 0 Å². The summed E-state index contributed by atoms with van der Waals surface area (Å²) in [7, 11) is 0. The summed E-state index contributed by atoms with van der Waals surface area (Å²) < 4.78 is 0. The summed E-state index contributed by atoms with van der Waals surface area (Å²) >= 11 is 0. The number of rotatable bonds is 5. The Kier molecular flexibility index (Phi) is 4.90. The maximum Gasteiger partial charge on any atom is 0.282 e. The Labute approximate surface area is 123 Å². The Morgan fingerprint density at radius 3 is 2.67 bits per heavy atom. The normalized spacial score (nSPS) is 15.1. The fourth-order valence-corrected chi connectivity index (χ4v) is 2.91. The van der Waals surface area contributed by atoms with Crippen LogP contribution in [0.1, 0.15) is 41.6 Å². The number of aliphatic hydroxyl groups excluding tert-OH is 1. The van der Waals surface area contributed by atoms with E-state index in [9.17, 15) is 20.0 Å². The van der Waals surface area contributed by atoms with Gasteiger partial charge in [-0.15, -0.1) is 0 Å². The Morgan fingerprint density at radius 1 is 1.43 bits per heavy atom. The second-order valence-corrected chi connectivity index (χ2v) is 5.44. The van der Waals surface area contributed by atoms with E-state index in [1.54, 1.807) is 24.0 Å². The van der Waals surface area contributed by atoms with Crippen LogP contribution in [0.2, 0.25) is 0 Å². The first kappa shape index (κ1) is 15.4. The van der Waals surface area contributed by atoms with E-state index in [0.29, 0.717) is 0 Å². The maximum atomic E-state index is 12.7. The molecule has 6 heteroatoms. The molecule has 0 spiro atoms. The van der Waals surface area contributed by atoms with Crippen LogP contribution in [-0.4, -0.2) is 40.0 Å². The molecular formula is C15H20N2O4. The highest BCUT2D eigenvalue weighted by atomic mass is 16.6. The molecule has 1 aromatic carbocycles. The Hall–Kier alpha value is -1.95. The summed E-state index contributed by atoms with van der Waals surface area (Å²) in [5, 5.41) is 20.3. The number of amides is 1. The highest BCUT2D eigenvalue weighted by Crippen LogP contribution is 2.27. The molecule has 6 nitrogen and oxygen atoms in total. The van der Waals surface area contributed by atoms with Crippen molar-refractivity contribution >= 4 is 11.6 Å². The molecule has 0 aromatic heterocycles. The number of hydrogen-bond acceptors (Lipinski definition) is 4. The number of nitro groups is 1. The van der Waals surface area contributed by atoms with Gasteiger partial charge in [0.2, 0.25) is 0 Å². The highest BCUT2D eigenvalue weighted by Gasteiger charge is 2.30. The fourth-order valence-electron chi connectivity index (χ4n) is 2.91. The maximum absolute atomic E-state index is 12.7. The van der Waals surface area contributed by atoms with E-state index < -0.39 is 4.92 Å². The molecule has 0 aliphatic heterocycles. The Balaban J connectivity index is 2.35. The standard InChI is InChI=1S/C15H20N2O4/c1-11-6-7-14(17(20)21)13(10-11)15(19)16(8-9-18)12-4-2-3-5-12/h6-7,10,12,18H,2-5,8-9H2,1H3. The number of benzene rings is 1. The molecule has 0 bridgehead atoms. The van der Waals surface area contributed by atoms with E-state index in [-0.39, 0.29) is 36.4 Å². The van der Waals surface area contributed by atoms with Crippen LogP contribution in [0.4, 0.5) is 5.69 Å². The molecule has 1 aliphatic carbocycles. The van der Waals surface area contributed by atoms with Crippen LogP contribution in [0.15, 0.2) is 18.2 Å². The zero-order valence-electron chi connectivity index (χ0n) is 12.1. The molecular weight excluding hydrogens is 272 g/mol. The van der Waals surface area contributed by atoms with Gasteiger partial charge < -0.3 is 10.0 Å². The lowest BCUT2D eigenvalue weighted by atomic mass is 10.1. The van der Waals surface area contributed by atoms with Crippen LogP contribution in [-0.2, 0) is 0 Å². The van der Waals surface area contributed by atoms with Gasteiger partial charge >= 0.3 is 0 Å². The quantitative estimate of drug-likeness (QED) is 0.666. The van der Waals surface area contributed by atoms with E-state index in [1.165, 1.54) is 6.07 Å². The fraction of sp³-hybridized carbons (Fsp3) is 0.533. The van der Waals surface area contributed by atoms with Gasteiger partial charge in [0, 0.05) is 18.7 Å². The number of hydrogen-bond donors (Lipinski definition) is 1. The molecule has 2 rings (SSSR count). The number of nitrogens with zero attached hydrogens (tertiary/aromatic N) is 2. The van der Waals surface area contributed by atoms with E-state index in [1.807, 2.05) is 0 Å². The molecule has 0 heterocycles. The minimum absolute atomic E-state index is 0.0739. The highest BCUT2D eigenvalue weighted by molar-refractivity contribution is 5.98. The Morgan fingerprint density at radius 2 is 2.10 bits per heavy atom. The van der Waals surface area contributed by atoms with Crippen molar-refractivity contribution in [3.63, 3.8) is 0 Å². The summed E-state index contributed by atoms with van der Waals surface area (Å²) in [6, 6.07) is 4.62. The second-order valence-electron chi connectivity index (χ2n) is 5.44. The third-order valence-electron chi connectivity index (χ3n) is 3.95. The van der Waals surface area contributed by atoms with Gasteiger partial charge in [0.25, 0.3) is 11.6 Å². The van der Waals surface area contributed by atoms with E-state index in [0.717, 1.165) is 31.2 Å². The van der Waals surface area contributed by atoms with Crippen molar-refractivity contribution in [3.05, 3.63) is 39.4 Å². The molecule has 114 valence electrons. The van der Waals surface area contributed by atoms with Crippen molar-refractivity contribution in [2.45, 2.75) is 38.6 Å². The van der Waals surface area contributed by atoms with Gasteiger partial charge in [-0.05, 0) is 31.4 Å². The number of aryl methyl sites for hydroxylation is 1. The first-order chi connectivity index (χ1) is 10.0. The Bertz CT molecular complexity index is 538. The minimum Gasteiger partial charge on any atom is -0.395 e. The molecule has 1 fully saturated rings. The van der Waals surface area contributed by atoms with Crippen LogP contribution in [0, 0.1) is 17.0 Å². The first-order valence-corrected chi connectivity index (χ1v) is 7.21. The van der Waals surface area contributed by atoms with Crippen LogP contribution in [0.25, 0.3) is 0 Å². The summed E-state index contributed by atoms with van der Waals surface area (Å²) in [5.74, 6) is -0.355. The number of aliphatic hydroxyl groups is 1. The third-order valence-corrected chi connectivity index (χ3v) is 3.95. The summed E-state index contributed by atoms with van der Waals surface area (Å²) in [6.07, 6.45) is 3.89. The van der Waals surface area contributed by atoms with Gasteiger partial charge in [-0.1, -0.05) is 18.9 Å². The van der Waals surface area contributed by atoms with Gasteiger partial charge in [0.15, 0.2) is 0 Å². The number of carbonyl (C=O) groups excluding carboxylic acids is 1. The summed E-state index contributed by atoms with van der Waals surface area (Å²) in [5.41, 5.74) is 0.742. The van der Waals surface area contributed by atoms with E-state index in [2.05, 4.69) is 0 Å². The van der Waals surface area contributed by atoms with Gasteiger partial charge in [0.1, 0.15) is 5.56 Å². The monoisotopic (exact) mass is 292 g/mol. The lowest BCUT2D eigenvalue weighted by Crippen LogP contribution is -2.41. The molecule has 0 atom stereocenters. The smallest absolute Gasteiger partial charge is 0.282 e. The lowest BCUT2D eigenvalue weighted by Gasteiger charge is -2.28. The van der Waals surface area contributed by atoms with Crippen molar-refractivity contribution in [1.29, 1.82) is 0 Å². The first-order valence-electron chi connectivity index (χ1n) is 7.21. The van der Waals surface area contributed by atoms with Crippen molar-refractivity contribution in [3.8, 4) is 0 Å². The zero-order valence-corrected chi connectivity index (χ0v) is 12.1. The van der Waals surface area contributed by atoms with Crippen LogP contribution in [0.3, 0.4) is 0 Å². The van der Waals surface area contributed by atoms with Crippen molar-refractivity contribution < 1.29 is 14.8 Å². The van der Waals surface area contributed by atoms with Crippen LogP contribution >= 0.6 is 0 Å². The van der Waals surface area contributed by atoms with Gasteiger partial charge in [-0.3, -0.25) is 14.9 Å². The largest absolute Gasteiger partial charge is 0.395 e. The third kappa shape index (κ3) is 3.39. The van der Waals surface area contributed by atoms with Crippen molar-refractivity contribution in [2.75, 3.05) is 13.2 Å². The lowest BCUT2D eigenvalue weighted by molar-refractivity contribution is -0.385. The van der Waals surface area contributed by atoms with Gasteiger partial charge in [-0.2, -0.15) is 0 Å². The summed E-state index contributed by atoms with van der Waals surface area (Å²) in [4.78, 5) is 24.9. The SMILES string of the molecule is Cc1ccc([N+](=O)[O-])c(C(=O)N(CCO)C2CCCC2)c1. The summed E-state index contributed by atoms with van der Waals surface area (Å²) in [6.45, 7) is 1.88. The molecule has 1 saturated carbocycles. The second kappa shape index (κ2) is 6.67. The zero-order chi connectivity index (χ0) is 15.4.